The summed E-state index contributed by atoms with van der Waals surface area (Å²) in [6.45, 7) is 6.30. The maximum Gasteiger partial charge on any atom is 0.306 e. The van der Waals surface area contributed by atoms with Gasteiger partial charge in [0, 0.05) is 12.8 Å². The van der Waals surface area contributed by atoms with Crippen molar-refractivity contribution in [3.8, 4) is 0 Å². The van der Waals surface area contributed by atoms with Gasteiger partial charge in [0.25, 0.3) is 0 Å². The van der Waals surface area contributed by atoms with Crippen molar-refractivity contribution in [2.45, 2.75) is 257 Å². The first-order chi connectivity index (χ1) is 29.0. The van der Waals surface area contributed by atoms with Gasteiger partial charge in [0.2, 0.25) is 5.91 Å². The van der Waals surface area contributed by atoms with E-state index in [2.05, 4.69) is 32.2 Å². The van der Waals surface area contributed by atoms with Gasteiger partial charge in [-0.3, -0.25) is 9.59 Å². The van der Waals surface area contributed by atoms with Gasteiger partial charge in [-0.15, -0.1) is 0 Å². The Hall–Kier alpha value is -2.44. The number of nitrogens with one attached hydrogen (secondary N) is 1. The lowest BCUT2D eigenvalue weighted by Crippen LogP contribution is -2.46. The number of unbranched alkanes of at least 4 members (excludes halogenated alkanes) is 27. The van der Waals surface area contributed by atoms with Crippen LogP contribution in [0.5, 0.6) is 0 Å². The van der Waals surface area contributed by atoms with Crippen molar-refractivity contribution in [2.24, 2.45) is 0 Å². The van der Waals surface area contributed by atoms with E-state index in [1.807, 2.05) is 54.7 Å². The Bertz CT molecular complexity index is 1060. The van der Waals surface area contributed by atoms with Gasteiger partial charge < -0.3 is 20.3 Å². The number of hydrogen-bond acceptors (Lipinski definition) is 5. The van der Waals surface area contributed by atoms with Gasteiger partial charge in [-0.2, -0.15) is 0 Å². The lowest BCUT2D eigenvalue weighted by atomic mass is 10.0. The zero-order chi connectivity index (χ0) is 43.1. The number of ether oxygens (including phenoxy) is 1. The maximum atomic E-state index is 13.1. The van der Waals surface area contributed by atoms with Gasteiger partial charge in [0.1, 0.15) is 6.10 Å². The molecule has 6 nitrogen and oxygen atoms in total. The minimum absolute atomic E-state index is 0.0172. The zero-order valence-corrected chi connectivity index (χ0v) is 38.9. The van der Waals surface area contributed by atoms with Crippen molar-refractivity contribution in [3.63, 3.8) is 0 Å². The average Bonchev–Trinajstić information content (AvgIpc) is 3.23. The summed E-state index contributed by atoms with van der Waals surface area (Å²) in [6.07, 6.45) is 57.4. The fourth-order valence-corrected chi connectivity index (χ4v) is 7.45. The molecule has 342 valence electrons. The van der Waals surface area contributed by atoms with E-state index in [0.717, 1.165) is 44.9 Å². The predicted octanol–water partition coefficient (Wildman–Crippen LogP) is 14.8. The van der Waals surface area contributed by atoms with Crippen LogP contribution in [0.4, 0.5) is 0 Å². The summed E-state index contributed by atoms with van der Waals surface area (Å²) in [4.78, 5) is 26.0. The second-order valence-electron chi connectivity index (χ2n) is 17.0. The molecule has 3 N–H and O–H groups in total. The highest BCUT2D eigenvalue weighted by Gasteiger charge is 2.23. The van der Waals surface area contributed by atoms with Gasteiger partial charge in [-0.25, -0.2) is 0 Å². The molecule has 0 aliphatic carbocycles. The number of amides is 1. The van der Waals surface area contributed by atoms with E-state index >= 15 is 0 Å². The molecule has 6 heteroatoms. The Balaban J connectivity index is 4.62. The first-order valence-corrected chi connectivity index (χ1v) is 25.1. The Morgan fingerprint density at radius 2 is 0.881 bits per heavy atom. The number of carbonyl (C=O) groups is 2. The highest BCUT2D eigenvalue weighted by Crippen LogP contribution is 2.17. The molecule has 0 saturated carbocycles. The number of allylic oxidation sites excluding steroid dienone is 9. The molecule has 3 unspecified atom stereocenters. The third-order valence-electron chi connectivity index (χ3n) is 11.2. The first kappa shape index (κ1) is 56.6. The summed E-state index contributed by atoms with van der Waals surface area (Å²) >= 11 is 0. The molecule has 0 radical (unpaired) electrons. The lowest BCUT2D eigenvalue weighted by molar-refractivity contribution is -0.150. The molecule has 0 aromatic rings. The van der Waals surface area contributed by atoms with E-state index in [1.54, 1.807) is 0 Å². The summed E-state index contributed by atoms with van der Waals surface area (Å²) in [5, 5.41) is 23.7. The molecule has 59 heavy (non-hydrogen) atoms. The second kappa shape index (κ2) is 46.6. The molecule has 3 atom stereocenters. The highest BCUT2D eigenvalue weighted by atomic mass is 16.5. The van der Waals surface area contributed by atoms with Crippen LogP contribution in [0.2, 0.25) is 0 Å². The second-order valence-corrected chi connectivity index (χ2v) is 17.0. The van der Waals surface area contributed by atoms with Crippen molar-refractivity contribution in [1.82, 2.24) is 5.32 Å². The fraction of sp³-hybridized carbons (Fsp3) is 0.774. The molecule has 0 aliphatic heterocycles. The maximum absolute atomic E-state index is 13.1. The third-order valence-corrected chi connectivity index (χ3v) is 11.2. The van der Waals surface area contributed by atoms with Gasteiger partial charge >= 0.3 is 5.97 Å². The van der Waals surface area contributed by atoms with Crippen LogP contribution < -0.4 is 5.32 Å². The topological polar surface area (TPSA) is 95.9 Å². The Morgan fingerprint density at radius 3 is 1.29 bits per heavy atom. The van der Waals surface area contributed by atoms with E-state index in [9.17, 15) is 19.8 Å². The van der Waals surface area contributed by atoms with E-state index < -0.39 is 18.2 Å². The van der Waals surface area contributed by atoms with Crippen LogP contribution in [0.1, 0.15) is 239 Å². The number of carbonyl (C=O) groups excluding carboxylic acids is 2. The molecule has 0 rings (SSSR count). The number of rotatable bonds is 44. The fourth-order valence-electron chi connectivity index (χ4n) is 7.45. The smallest absolute Gasteiger partial charge is 0.306 e. The van der Waals surface area contributed by atoms with Crippen LogP contribution in [0.3, 0.4) is 0 Å². The molecule has 0 heterocycles. The Labute approximate surface area is 365 Å². The van der Waals surface area contributed by atoms with E-state index in [4.69, 9.17) is 4.74 Å². The molecule has 0 bridgehead atoms. The van der Waals surface area contributed by atoms with Gasteiger partial charge in [-0.05, 0) is 19.3 Å². The number of aliphatic hydroxyl groups excluding tert-OH is 2. The minimum Gasteiger partial charge on any atom is -0.461 e. The molecule has 0 aliphatic rings. The summed E-state index contributed by atoms with van der Waals surface area (Å²) in [5.41, 5.74) is 0. The largest absolute Gasteiger partial charge is 0.461 e. The van der Waals surface area contributed by atoms with Crippen molar-refractivity contribution in [1.29, 1.82) is 0 Å². The van der Waals surface area contributed by atoms with Crippen molar-refractivity contribution in [3.05, 3.63) is 60.8 Å². The summed E-state index contributed by atoms with van der Waals surface area (Å²) in [6, 6.07) is -0.738. The van der Waals surface area contributed by atoms with E-state index in [1.165, 1.54) is 148 Å². The summed E-state index contributed by atoms with van der Waals surface area (Å²) < 4.78 is 5.83. The van der Waals surface area contributed by atoms with Crippen molar-refractivity contribution in [2.75, 3.05) is 6.61 Å². The van der Waals surface area contributed by atoms with Crippen LogP contribution in [-0.4, -0.2) is 46.9 Å². The average molecular weight is 826 g/mol. The summed E-state index contributed by atoms with van der Waals surface area (Å²) in [5.74, 6) is -0.603. The number of aliphatic hydroxyl groups is 2. The van der Waals surface area contributed by atoms with Crippen molar-refractivity contribution < 1.29 is 24.5 Å². The molecule has 0 spiro atoms. The summed E-state index contributed by atoms with van der Waals surface area (Å²) in [7, 11) is 0. The SMILES string of the molecule is CC/C=C/C=C/C=C\C=C/C=C/CC(CC(=O)NC(CO)C(O)CCCCCCCCCCCCCCCCC)OC(=O)CCCCCCCCCCCCCCCC. The normalized spacial score (nSPS) is 13.8. The Morgan fingerprint density at radius 1 is 0.508 bits per heavy atom. The first-order valence-electron chi connectivity index (χ1n) is 25.1. The molecule has 0 saturated heterocycles. The van der Waals surface area contributed by atoms with Crippen LogP contribution in [0.15, 0.2) is 60.8 Å². The van der Waals surface area contributed by atoms with Gasteiger partial charge in [-0.1, -0.05) is 261 Å². The standard InChI is InChI=1S/C53H95NO5/c1-4-7-10-13-16-19-22-24-26-27-30-33-36-39-42-45-51(56)50(48-55)54-52(57)47-49(44-41-38-35-32-29-21-18-15-12-9-6-3)59-53(58)46-43-40-37-34-31-28-25-23-20-17-14-11-8-5-2/h9,12,15,18,21,29,32,35,38,41,49-51,55-56H,4-8,10-11,13-14,16-17,19-20,22-28,30-31,33-34,36-37,39-40,42-48H2,1-3H3,(H,54,57)/b12-9+,18-15+,29-21-,35-32-,41-38+. The zero-order valence-electron chi connectivity index (χ0n) is 38.9. The third kappa shape index (κ3) is 42.1. The van der Waals surface area contributed by atoms with Gasteiger partial charge in [0.05, 0.1) is 25.2 Å². The van der Waals surface area contributed by atoms with Crippen molar-refractivity contribution >= 4 is 11.9 Å². The molecular formula is C53H95NO5. The minimum atomic E-state index is -0.817. The number of esters is 1. The molecule has 1 amide bonds. The lowest BCUT2D eigenvalue weighted by Gasteiger charge is -2.24. The molecule has 0 fully saturated rings. The molecule has 0 aromatic carbocycles. The molecular weight excluding hydrogens is 731 g/mol. The predicted molar refractivity (Wildman–Crippen MR) is 255 cm³/mol. The van der Waals surface area contributed by atoms with Gasteiger partial charge in [0.15, 0.2) is 0 Å². The van der Waals surface area contributed by atoms with Crippen LogP contribution in [0.25, 0.3) is 0 Å². The van der Waals surface area contributed by atoms with E-state index in [-0.39, 0.29) is 24.9 Å². The Kier molecular flexibility index (Phi) is 44.7. The monoisotopic (exact) mass is 826 g/mol. The van der Waals surface area contributed by atoms with Crippen LogP contribution in [-0.2, 0) is 14.3 Å². The quantitative estimate of drug-likeness (QED) is 0.0323. The molecule has 0 aromatic heterocycles. The number of hydrogen-bond donors (Lipinski definition) is 3. The highest BCUT2D eigenvalue weighted by molar-refractivity contribution is 5.77. The van der Waals surface area contributed by atoms with Crippen LogP contribution in [0, 0.1) is 0 Å². The van der Waals surface area contributed by atoms with Crippen LogP contribution >= 0.6 is 0 Å². The van der Waals surface area contributed by atoms with E-state index in [0.29, 0.717) is 19.3 Å².